The van der Waals surface area contributed by atoms with Crippen molar-refractivity contribution in [2.75, 3.05) is 6.61 Å². The Morgan fingerprint density at radius 2 is 1.47 bits per heavy atom. The molecular formula is C27H24O5. The van der Waals surface area contributed by atoms with E-state index in [1.807, 2.05) is 31.2 Å². The number of carbonyl (C=O) groups excluding carboxylic acids is 2. The zero-order valence-electron chi connectivity index (χ0n) is 17.7. The highest BCUT2D eigenvalue weighted by Gasteiger charge is 2.11. The van der Waals surface area contributed by atoms with Gasteiger partial charge in [0.25, 0.3) is 0 Å². The summed E-state index contributed by atoms with van der Waals surface area (Å²) in [5.41, 5.74) is 3.03. The van der Waals surface area contributed by atoms with Gasteiger partial charge in [-0.25, -0.2) is 0 Å². The van der Waals surface area contributed by atoms with E-state index in [0.29, 0.717) is 17.9 Å². The number of allylic oxidation sites excluding steroid dienone is 2. The molecule has 0 radical (unpaired) electrons. The molecule has 3 aromatic carbocycles. The molecule has 0 amide bonds. The van der Waals surface area contributed by atoms with Crippen molar-refractivity contribution in [2.24, 2.45) is 0 Å². The van der Waals surface area contributed by atoms with E-state index in [9.17, 15) is 19.8 Å². The molecule has 0 aliphatic heterocycles. The molecule has 0 unspecified atom stereocenters. The van der Waals surface area contributed by atoms with E-state index >= 15 is 0 Å². The Hall–Kier alpha value is -4.12. The molecule has 0 spiro atoms. The quantitative estimate of drug-likeness (QED) is 0.351. The maximum atomic E-state index is 12.3. The number of ketones is 2. The molecule has 0 bridgehead atoms. The van der Waals surface area contributed by atoms with Gasteiger partial charge in [-0.15, -0.1) is 0 Å². The fourth-order valence-electron chi connectivity index (χ4n) is 3.15. The second kappa shape index (κ2) is 10.8. The van der Waals surface area contributed by atoms with Gasteiger partial charge in [-0.2, -0.15) is 0 Å². The molecule has 3 rings (SSSR count). The first kappa shape index (κ1) is 22.6. The predicted molar refractivity (Wildman–Crippen MR) is 126 cm³/mol. The van der Waals surface area contributed by atoms with Crippen LogP contribution in [0, 0.1) is 0 Å². The first-order valence-electron chi connectivity index (χ1n) is 10.2. The lowest BCUT2D eigenvalue weighted by atomic mass is 9.97. The number of hydrogen-bond acceptors (Lipinski definition) is 5. The highest BCUT2D eigenvalue weighted by molar-refractivity contribution is 6.11. The van der Waals surface area contributed by atoms with Crippen LogP contribution in [0.25, 0.3) is 23.3 Å². The minimum absolute atomic E-state index is 0.0719. The summed E-state index contributed by atoms with van der Waals surface area (Å²) in [7, 11) is 0. The summed E-state index contributed by atoms with van der Waals surface area (Å²) in [5, 5.41) is 19.2. The van der Waals surface area contributed by atoms with Gasteiger partial charge in [0.1, 0.15) is 17.2 Å². The number of aromatic hydroxyl groups is 2. The lowest BCUT2D eigenvalue weighted by Crippen LogP contribution is -2.02. The van der Waals surface area contributed by atoms with Gasteiger partial charge in [-0.1, -0.05) is 42.5 Å². The predicted octanol–water partition coefficient (Wildman–Crippen LogP) is 5.42. The highest BCUT2D eigenvalue weighted by atomic mass is 16.5. The van der Waals surface area contributed by atoms with E-state index < -0.39 is 0 Å². The molecule has 32 heavy (non-hydrogen) atoms. The minimum atomic E-state index is -0.349. The Balaban J connectivity index is 1.74. The van der Waals surface area contributed by atoms with Crippen LogP contribution in [-0.4, -0.2) is 28.4 Å². The smallest absolute Gasteiger partial charge is 0.163 e. The van der Waals surface area contributed by atoms with Crippen LogP contribution < -0.4 is 4.74 Å². The second-order valence-electron chi connectivity index (χ2n) is 7.07. The van der Waals surface area contributed by atoms with E-state index in [1.165, 1.54) is 24.3 Å². The number of ether oxygens (including phenoxy) is 1. The maximum absolute atomic E-state index is 12.3. The molecule has 0 saturated carbocycles. The topological polar surface area (TPSA) is 83.8 Å². The summed E-state index contributed by atoms with van der Waals surface area (Å²) in [4.78, 5) is 24.4. The number of hydrogen-bond donors (Lipinski definition) is 2. The molecule has 2 N–H and O–H groups in total. The summed E-state index contributed by atoms with van der Waals surface area (Å²) < 4.78 is 5.71. The summed E-state index contributed by atoms with van der Waals surface area (Å²) in [6.07, 6.45) is 5.60. The molecule has 0 aromatic heterocycles. The van der Waals surface area contributed by atoms with E-state index in [1.54, 1.807) is 42.5 Å². The van der Waals surface area contributed by atoms with Gasteiger partial charge in [-0.3, -0.25) is 9.59 Å². The van der Waals surface area contributed by atoms with Crippen LogP contribution in [0.15, 0.2) is 78.9 Å². The number of carbonyl (C=O) groups is 2. The van der Waals surface area contributed by atoms with Crippen LogP contribution in [0.1, 0.15) is 24.5 Å². The molecule has 162 valence electrons. The number of phenolic OH excluding ortho intramolecular Hbond substituents is 2. The van der Waals surface area contributed by atoms with Crippen molar-refractivity contribution in [3.8, 4) is 28.4 Å². The summed E-state index contributed by atoms with van der Waals surface area (Å²) in [6.45, 7) is 2.42. The standard InChI is InChI=1S/C27H24O5/c1-2-32-27-6-4-3-5-26(27)25-16-15-22(29)17-20(25)10-14-24(31)18-23(30)13-9-19-7-11-21(28)12-8-19/h3-17,28-29H,2,18H2,1H3/b13-9+,14-10+. The monoisotopic (exact) mass is 428 g/mol. The average Bonchev–Trinajstić information content (AvgIpc) is 2.78. The largest absolute Gasteiger partial charge is 0.508 e. The molecule has 0 saturated heterocycles. The van der Waals surface area contributed by atoms with Gasteiger partial charge in [0, 0.05) is 5.56 Å². The Morgan fingerprint density at radius 1 is 0.812 bits per heavy atom. The highest BCUT2D eigenvalue weighted by Crippen LogP contribution is 2.34. The number of phenols is 2. The number of benzene rings is 3. The molecule has 0 atom stereocenters. The minimum Gasteiger partial charge on any atom is -0.508 e. The van der Waals surface area contributed by atoms with E-state index in [0.717, 1.165) is 16.7 Å². The molecular weight excluding hydrogens is 404 g/mol. The summed E-state index contributed by atoms with van der Waals surface area (Å²) in [5.74, 6) is 0.242. The third kappa shape index (κ3) is 6.19. The maximum Gasteiger partial charge on any atom is 0.163 e. The van der Waals surface area contributed by atoms with Gasteiger partial charge in [0.2, 0.25) is 0 Å². The number of para-hydroxylation sites is 1. The Morgan fingerprint density at radius 3 is 2.19 bits per heavy atom. The van der Waals surface area contributed by atoms with E-state index in [-0.39, 0.29) is 29.5 Å². The normalized spacial score (nSPS) is 11.2. The SMILES string of the molecule is CCOc1ccccc1-c1ccc(O)cc1/C=C/C(=O)CC(=O)/C=C/c1ccc(O)cc1. The lowest BCUT2D eigenvalue weighted by Gasteiger charge is -2.12. The van der Waals surface area contributed by atoms with Gasteiger partial charge in [-0.05, 0) is 72.2 Å². The van der Waals surface area contributed by atoms with E-state index in [4.69, 9.17) is 4.74 Å². The summed E-state index contributed by atoms with van der Waals surface area (Å²) >= 11 is 0. The lowest BCUT2D eigenvalue weighted by molar-refractivity contribution is -0.121. The van der Waals surface area contributed by atoms with Crippen LogP contribution in [-0.2, 0) is 9.59 Å². The van der Waals surface area contributed by atoms with Crippen molar-refractivity contribution in [3.05, 3.63) is 90.0 Å². The molecule has 0 heterocycles. The van der Waals surface area contributed by atoms with Crippen molar-refractivity contribution in [1.29, 1.82) is 0 Å². The fourth-order valence-corrected chi connectivity index (χ4v) is 3.15. The molecule has 0 aliphatic carbocycles. The van der Waals surface area contributed by atoms with Crippen molar-refractivity contribution >= 4 is 23.7 Å². The Kier molecular flexibility index (Phi) is 7.60. The third-order valence-corrected chi connectivity index (χ3v) is 4.66. The average molecular weight is 428 g/mol. The zero-order valence-corrected chi connectivity index (χ0v) is 17.7. The van der Waals surface area contributed by atoms with Crippen molar-refractivity contribution < 1.29 is 24.5 Å². The second-order valence-corrected chi connectivity index (χ2v) is 7.07. The summed E-state index contributed by atoms with van der Waals surface area (Å²) in [6, 6.07) is 18.8. The van der Waals surface area contributed by atoms with Crippen molar-refractivity contribution in [3.63, 3.8) is 0 Å². The molecule has 0 fully saturated rings. The third-order valence-electron chi connectivity index (χ3n) is 4.66. The molecule has 5 heteroatoms. The van der Waals surface area contributed by atoms with Gasteiger partial charge in [0.05, 0.1) is 13.0 Å². The molecule has 3 aromatic rings. The van der Waals surface area contributed by atoms with Crippen LogP contribution in [0.2, 0.25) is 0 Å². The van der Waals surface area contributed by atoms with Crippen LogP contribution in [0.5, 0.6) is 17.2 Å². The van der Waals surface area contributed by atoms with Gasteiger partial charge >= 0.3 is 0 Å². The number of rotatable bonds is 9. The van der Waals surface area contributed by atoms with Crippen LogP contribution >= 0.6 is 0 Å². The van der Waals surface area contributed by atoms with Crippen LogP contribution in [0.3, 0.4) is 0 Å². The Bertz CT molecular complexity index is 1160. The molecule has 5 nitrogen and oxygen atoms in total. The van der Waals surface area contributed by atoms with Gasteiger partial charge < -0.3 is 14.9 Å². The zero-order chi connectivity index (χ0) is 22.9. The van der Waals surface area contributed by atoms with Gasteiger partial charge in [0.15, 0.2) is 11.6 Å². The Labute approximate surface area is 186 Å². The molecule has 0 aliphatic rings. The van der Waals surface area contributed by atoms with Crippen LogP contribution in [0.4, 0.5) is 0 Å². The first-order valence-corrected chi connectivity index (χ1v) is 10.2. The van der Waals surface area contributed by atoms with Crippen molar-refractivity contribution in [1.82, 2.24) is 0 Å². The fraction of sp³-hybridized carbons (Fsp3) is 0.111. The first-order chi connectivity index (χ1) is 15.5. The van der Waals surface area contributed by atoms with E-state index in [2.05, 4.69) is 0 Å². The van der Waals surface area contributed by atoms with Crippen molar-refractivity contribution in [2.45, 2.75) is 13.3 Å².